The third kappa shape index (κ3) is 3.26. The smallest absolute Gasteiger partial charge is 0.310 e. The molecule has 6 nitrogen and oxygen atoms in total. The topological polar surface area (TPSA) is 81.9 Å². The molecule has 1 aliphatic heterocycles. The monoisotopic (exact) mass is 292 g/mol. The van der Waals surface area contributed by atoms with Gasteiger partial charge in [-0.25, -0.2) is 0 Å². The maximum atomic E-state index is 12.6. The van der Waals surface area contributed by atoms with Crippen molar-refractivity contribution < 1.29 is 19.1 Å². The number of methoxy groups -OCH3 is 2. The van der Waals surface area contributed by atoms with E-state index in [1.807, 2.05) is 0 Å². The van der Waals surface area contributed by atoms with Gasteiger partial charge in [-0.05, 0) is 25.0 Å². The Balaban J connectivity index is 2.18. The van der Waals surface area contributed by atoms with Crippen LogP contribution in [0, 0.1) is 5.92 Å². The first-order chi connectivity index (χ1) is 10.1. The molecule has 21 heavy (non-hydrogen) atoms. The lowest BCUT2D eigenvalue weighted by Crippen LogP contribution is -2.42. The molecule has 1 unspecified atom stereocenters. The van der Waals surface area contributed by atoms with Crippen molar-refractivity contribution in [2.75, 3.05) is 33.0 Å². The number of nitrogens with two attached hydrogens (primary N) is 1. The maximum Gasteiger partial charge on any atom is 0.310 e. The number of esters is 1. The molecular formula is C15H20N2O4. The second-order valence-electron chi connectivity index (χ2n) is 5.07. The summed E-state index contributed by atoms with van der Waals surface area (Å²) in [5, 5.41) is 0. The molecule has 0 saturated carbocycles. The second-order valence-corrected chi connectivity index (χ2v) is 5.07. The molecule has 1 saturated heterocycles. The van der Waals surface area contributed by atoms with Crippen LogP contribution in [0.1, 0.15) is 23.2 Å². The van der Waals surface area contributed by atoms with Crippen LogP contribution < -0.4 is 10.5 Å². The average molecular weight is 292 g/mol. The Bertz CT molecular complexity index is 544. The number of ether oxygens (including phenoxy) is 2. The molecule has 2 N–H and O–H groups in total. The van der Waals surface area contributed by atoms with E-state index in [2.05, 4.69) is 0 Å². The van der Waals surface area contributed by atoms with Crippen LogP contribution in [-0.4, -0.2) is 44.1 Å². The number of benzene rings is 1. The van der Waals surface area contributed by atoms with E-state index >= 15 is 0 Å². The summed E-state index contributed by atoms with van der Waals surface area (Å²) in [6.07, 6.45) is 1.53. The second kappa shape index (κ2) is 6.47. The van der Waals surface area contributed by atoms with Crippen LogP contribution in [0.2, 0.25) is 0 Å². The molecule has 0 aliphatic carbocycles. The SMILES string of the molecule is COC(=O)C1CCCN(C(=O)c2ccc(N)cc2OC)C1. The molecule has 114 valence electrons. The van der Waals surface area contributed by atoms with Crippen LogP contribution in [0.5, 0.6) is 5.75 Å². The predicted molar refractivity (Wildman–Crippen MR) is 78.0 cm³/mol. The molecule has 1 heterocycles. The van der Waals surface area contributed by atoms with E-state index in [-0.39, 0.29) is 17.8 Å². The lowest BCUT2D eigenvalue weighted by Gasteiger charge is -2.31. The summed E-state index contributed by atoms with van der Waals surface area (Å²) < 4.78 is 9.98. The van der Waals surface area contributed by atoms with Gasteiger partial charge in [-0.3, -0.25) is 9.59 Å². The highest BCUT2D eigenvalue weighted by atomic mass is 16.5. The van der Waals surface area contributed by atoms with E-state index in [1.165, 1.54) is 14.2 Å². The van der Waals surface area contributed by atoms with E-state index in [0.29, 0.717) is 30.1 Å². The zero-order valence-corrected chi connectivity index (χ0v) is 12.3. The number of rotatable bonds is 3. The number of hydrogen-bond donors (Lipinski definition) is 1. The first-order valence-corrected chi connectivity index (χ1v) is 6.87. The summed E-state index contributed by atoms with van der Waals surface area (Å²) in [5.41, 5.74) is 6.69. The number of anilines is 1. The zero-order valence-electron chi connectivity index (χ0n) is 12.3. The van der Waals surface area contributed by atoms with Crippen molar-refractivity contribution in [3.8, 4) is 5.75 Å². The number of piperidine rings is 1. The van der Waals surface area contributed by atoms with E-state index < -0.39 is 0 Å². The predicted octanol–water partition coefficient (Wildman–Crippen LogP) is 1.30. The number of nitrogens with zero attached hydrogens (tertiary/aromatic N) is 1. The van der Waals surface area contributed by atoms with Gasteiger partial charge in [0.2, 0.25) is 0 Å². The molecule has 1 aromatic rings. The first kappa shape index (κ1) is 15.2. The van der Waals surface area contributed by atoms with Crippen LogP contribution in [0.4, 0.5) is 5.69 Å². The van der Waals surface area contributed by atoms with E-state index in [0.717, 1.165) is 12.8 Å². The van der Waals surface area contributed by atoms with Crippen LogP contribution in [0.15, 0.2) is 18.2 Å². The molecule has 1 aliphatic rings. The van der Waals surface area contributed by atoms with Gasteiger partial charge in [0.1, 0.15) is 5.75 Å². The molecule has 0 bridgehead atoms. The van der Waals surface area contributed by atoms with Gasteiger partial charge in [-0.15, -0.1) is 0 Å². The standard InChI is InChI=1S/C15H20N2O4/c1-20-13-8-11(16)5-6-12(13)14(18)17-7-3-4-10(9-17)15(19)21-2/h5-6,8,10H,3-4,7,9,16H2,1-2H3. The van der Waals surface area contributed by atoms with Gasteiger partial charge in [0.25, 0.3) is 5.91 Å². The maximum absolute atomic E-state index is 12.6. The molecule has 0 radical (unpaired) electrons. The Morgan fingerprint density at radius 2 is 2.10 bits per heavy atom. The summed E-state index contributed by atoms with van der Waals surface area (Å²) in [7, 11) is 2.87. The van der Waals surface area contributed by atoms with Crippen LogP contribution in [0.3, 0.4) is 0 Å². The average Bonchev–Trinajstić information content (AvgIpc) is 2.53. The Morgan fingerprint density at radius 1 is 1.33 bits per heavy atom. The lowest BCUT2D eigenvalue weighted by molar-refractivity contribution is -0.146. The highest BCUT2D eigenvalue weighted by molar-refractivity contribution is 5.97. The van der Waals surface area contributed by atoms with Gasteiger partial charge in [0.05, 0.1) is 25.7 Å². The third-order valence-electron chi connectivity index (χ3n) is 3.70. The van der Waals surface area contributed by atoms with E-state index in [4.69, 9.17) is 15.2 Å². The summed E-state index contributed by atoms with van der Waals surface area (Å²) in [5.74, 6) is -0.232. The Hall–Kier alpha value is -2.24. The molecule has 1 fully saturated rings. The van der Waals surface area contributed by atoms with Crippen LogP contribution in [-0.2, 0) is 9.53 Å². The van der Waals surface area contributed by atoms with Crippen molar-refractivity contribution in [1.29, 1.82) is 0 Å². The largest absolute Gasteiger partial charge is 0.496 e. The summed E-state index contributed by atoms with van der Waals surface area (Å²) in [4.78, 5) is 25.9. The fourth-order valence-corrected chi connectivity index (χ4v) is 2.58. The highest BCUT2D eigenvalue weighted by Gasteiger charge is 2.30. The molecule has 1 amide bonds. The van der Waals surface area contributed by atoms with Gasteiger partial charge in [0, 0.05) is 24.8 Å². The van der Waals surface area contributed by atoms with Crippen molar-refractivity contribution in [3.05, 3.63) is 23.8 Å². The number of carbonyl (C=O) groups excluding carboxylic acids is 2. The van der Waals surface area contributed by atoms with Gasteiger partial charge >= 0.3 is 5.97 Å². The van der Waals surface area contributed by atoms with Crippen LogP contribution in [0.25, 0.3) is 0 Å². The van der Waals surface area contributed by atoms with Gasteiger partial charge in [-0.2, -0.15) is 0 Å². The molecular weight excluding hydrogens is 272 g/mol. The lowest BCUT2D eigenvalue weighted by atomic mass is 9.97. The Kier molecular flexibility index (Phi) is 4.67. The van der Waals surface area contributed by atoms with Crippen molar-refractivity contribution in [3.63, 3.8) is 0 Å². The van der Waals surface area contributed by atoms with Gasteiger partial charge < -0.3 is 20.1 Å². The van der Waals surface area contributed by atoms with Crippen molar-refractivity contribution in [1.82, 2.24) is 4.90 Å². The minimum atomic E-state index is -0.267. The summed E-state index contributed by atoms with van der Waals surface area (Å²) >= 11 is 0. The van der Waals surface area contributed by atoms with Gasteiger partial charge in [0.15, 0.2) is 0 Å². The molecule has 1 aromatic carbocycles. The zero-order chi connectivity index (χ0) is 15.4. The molecule has 2 rings (SSSR count). The fraction of sp³-hybridized carbons (Fsp3) is 0.467. The molecule has 0 spiro atoms. The minimum Gasteiger partial charge on any atom is -0.496 e. The van der Waals surface area contributed by atoms with Crippen molar-refractivity contribution in [2.24, 2.45) is 5.92 Å². The third-order valence-corrected chi connectivity index (χ3v) is 3.70. The van der Waals surface area contributed by atoms with E-state index in [9.17, 15) is 9.59 Å². The summed E-state index contributed by atoms with van der Waals surface area (Å²) in [6, 6.07) is 4.94. The number of nitrogen functional groups attached to an aromatic ring is 1. The van der Waals surface area contributed by atoms with Gasteiger partial charge in [-0.1, -0.05) is 0 Å². The summed E-state index contributed by atoms with van der Waals surface area (Å²) in [6.45, 7) is 0.999. The number of likely N-dealkylation sites (tertiary alicyclic amines) is 1. The Morgan fingerprint density at radius 3 is 2.76 bits per heavy atom. The number of amides is 1. The first-order valence-electron chi connectivity index (χ1n) is 6.87. The molecule has 0 aromatic heterocycles. The quantitative estimate of drug-likeness (QED) is 0.671. The van der Waals surface area contributed by atoms with Crippen molar-refractivity contribution in [2.45, 2.75) is 12.8 Å². The number of hydrogen-bond acceptors (Lipinski definition) is 5. The molecule has 6 heteroatoms. The van der Waals surface area contributed by atoms with Crippen LogP contribution >= 0.6 is 0 Å². The normalized spacial score (nSPS) is 18.2. The molecule has 1 atom stereocenters. The van der Waals surface area contributed by atoms with E-state index in [1.54, 1.807) is 23.1 Å². The highest BCUT2D eigenvalue weighted by Crippen LogP contribution is 2.25. The number of carbonyl (C=O) groups is 2. The van der Waals surface area contributed by atoms with Crippen molar-refractivity contribution >= 4 is 17.6 Å². The Labute approximate surface area is 123 Å². The minimum absolute atomic E-state index is 0.152. The fourth-order valence-electron chi connectivity index (χ4n) is 2.58.